The Hall–Kier alpha value is -3.23. The van der Waals surface area contributed by atoms with Gasteiger partial charge in [-0.05, 0) is 34.4 Å². The van der Waals surface area contributed by atoms with Crippen LogP contribution in [0.5, 0.6) is 5.75 Å². The van der Waals surface area contributed by atoms with Crippen LogP contribution in [0.15, 0.2) is 90.0 Å². The van der Waals surface area contributed by atoms with Crippen molar-refractivity contribution in [1.82, 2.24) is 0 Å². The first-order chi connectivity index (χ1) is 11.8. The van der Waals surface area contributed by atoms with Crippen LogP contribution in [0.25, 0.3) is 10.4 Å². The Labute approximate surface area is 141 Å². The number of rotatable bonds is 5. The quantitative estimate of drug-likeness (QED) is 0.273. The maximum atomic E-state index is 9.32. The highest BCUT2D eigenvalue weighted by molar-refractivity contribution is 5.50. The Morgan fingerprint density at radius 2 is 1.21 bits per heavy atom. The normalized spacial score (nSPS) is 10.7. The number of azide groups is 1. The molecular formula is C20H17N3O. The molecule has 0 unspecified atom stereocenters. The van der Waals surface area contributed by atoms with E-state index in [1.165, 1.54) is 0 Å². The average molecular weight is 315 g/mol. The summed E-state index contributed by atoms with van der Waals surface area (Å²) in [7, 11) is 1.63. The summed E-state index contributed by atoms with van der Waals surface area (Å²) in [5, 5.41) is 4.26. The molecule has 3 rings (SSSR count). The molecule has 0 saturated heterocycles. The average Bonchev–Trinajstić information content (AvgIpc) is 2.68. The highest BCUT2D eigenvalue weighted by Gasteiger charge is 2.35. The van der Waals surface area contributed by atoms with E-state index in [0.717, 1.165) is 22.4 Å². The van der Waals surface area contributed by atoms with Gasteiger partial charge in [-0.1, -0.05) is 77.9 Å². The van der Waals surface area contributed by atoms with Crippen LogP contribution in [-0.2, 0) is 5.54 Å². The molecule has 3 aromatic carbocycles. The van der Waals surface area contributed by atoms with E-state index in [2.05, 4.69) is 10.0 Å². The van der Waals surface area contributed by atoms with Gasteiger partial charge in [0.15, 0.2) is 0 Å². The van der Waals surface area contributed by atoms with Crippen LogP contribution in [0.3, 0.4) is 0 Å². The number of ether oxygens (including phenoxy) is 1. The zero-order valence-corrected chi connectivity index (χ0v) is 13.3. The van der Waals surface area contributed by atoms with Gasteiger partial charge in [0, 0.05) is 4.91 Å². The molecule has 0 N–H and O–H groups in total. The fraction of sp³-hybridized carbons (Fsp3) is 0.100. The van der Waals surface area contributed by atoms with Gasteiger partial charge in [-0.15, -0.1) is 0 Å². The molecule has 0 radical (unpaired) electrons. The second-order valence-corrected chi connectivity index (χ2v) is 5.36. The van der Waals surface area contributed by atoms with E-state index in [1.807, 2.05) is 84.9 Å². The van der Waals surface area contributed by atoms with Crippen molar-refractivity contribution in [2.75, 3.05) is 7.11 Å². The summed E-state index contributed by atoms with van der Waals surface area (Å²) in [6, 6.07) is 27.2. The summed E-state index contributed by atoms with van der Waals surface area (Å²) in [6.45, 7) is 0. The van der Waals surface area contributed by atoms with Gasteiger partial charge in [0.25, 0.3) is 0 Å². The molecule has 0 aromatic heterocycles. The van der Waals surface area contributed by atoms with Crippen LogP contribution in [0.4, 0.5) is 0 Å². The first-order valence-corrected chi connectivity index (χ1v) is 7.63. The lowest BCUT2D eigenvalue weighted by molar-refractivity contribution is 0.414. The van der Waals surface area contributed by atoms with Crippen LogP contribution in [0.1, 0.15) is 16.7 Å². The second-order valence-electron chi connectivity index (χ2n) is 5.36. The summed E-state index contributed by atoms with van der Waals surface area (Å²) >= 11 is 0. The van der Waals surface area contributed by atoms with Crippen LogP contribution < -0.4 is 4.74 Å². The molecule has 3 aromatic rings. The number of benzene rings is 3. The third kappa shape index (κ3) is 2.71. The van der Waals surface area contributed by atoms with Gasteiger partial charge in [-0.25, -0.2) is 0 Å². The van der Waals surface area contributed by atoms with Crippen LogP contribution in [0.2, 0.25) is 0 Å². The first kappa shape index (κ1) is 15.7. The number of nitrogens with zero attached hydrogens (tertiary/aromatic N) is 3. The van der Waals surface area contributed by atoms with Crippen molar-refractivity contribution in [3.63, 3.8) is 0 Å². The van der Waals surface area contributed by atoms with Gasteiger partial charge in [0.2, 0.25) is 0 Å². The van der Waals surface area contributed by atoms with E-state index in [9.17, 15) is 5.53 Å². The summed E-state index contributed by atoms with van der Waals surface area (Å²) in [5.74, 6) is 0.759. The molecule has 118 valence electrons. The van der Waals surface area contributed by atoms with Crippen molar-refractivity contribution in [3.8, 4) is 5.75 Å². The summed E-state index contributed by atoms with van der Waals surface area (Å²) in [4.78, 5) is 3.17. The third-order valence-electron chi connectivity index (χ3n) is 4.09. The molecule has 4 nitrogen and oxygen atoms in total. The Bertz CT molecular complexity index is 800. The zero-order chi connectivity index (χ0) is 16.8. The fourth-order valence-electron chi connectivity index (χ4n) is 2.93. The molecule has 0 heterocycles. The van der Waals surface area contributed by atoms with Crippen molar-refractivity contribution < 1.29 is 4.74 Å². The maximum absolute atomic E-state index is 9.32. The lowest BCUT2D eigenvalue weighted by Crippen LogP contribution is -2.26. The van der Waals surface area contributed by atoms with Gasteiger partial charge in [0.1, 0.15) is 11.3 Å². The Morgan fingerprint density at radius 3 is 1.62 bits per heavy atom. The molecule has 0 bridgehead atoms. The minimum absolute atomic E-state index is 0.759. The molecule has 0 aliphatic heterocycles. The molecular weight excluding hydrogens is 298 g/mol. The van der Waals surface area contributed by atoms with Gasteiger partial charge < -0.3 is 4.74 Å². The number of methoxy groups -OCH3 is 1. The molecule has 0 spiro atoms. The predicted octanol–water partition coefficient (Wildman–Crippen LogP) is 5.30. The highest BCUT2D eigenvalue weighted by atomic mass is 16.5. The van der Waals surface area contributed by atoms with E-state index in [4.69, 9.17) is 4.74 Å². The smallest absolute Gasteiger partial charge is 0.124 e. The Balaban J connectivity index is 2.32. The largest absolute Gasteiger partial charge is 0.497 e. The summed E-state index contributed by atoms with van der Waals surface area (Å²) in [5.41, 5.74) is 11.1. The van der Waals surface area contributed by atoms with Gasteiger partial charge in [-0.2, -0.15) is 0 Å². The molecule has 0 aliphatic carbocycles. The maximum Gasteiger partial charge on any atom is 0.124 e. The minimum Gasteiger partial charge on any atom is -0.497 e. The first-order valence-electron chi connectivity index (χ1n) is 7.63. The lowest BCUT2D eigenvalue weighted by atomic mass is 9.78. The van der Waals surface area contributed by atoms with Crippen molar-refractivity contribution in [3.05, 3.63) is 112 Å². The zero-order valence-electron chi connectivity index (χ0n) is 13.3. The van der Waals surface area contributed by atoms with Crippen molar-refractivity contribution in [2.24, 2.45) is 5.11 Å². The Morgan fingerprint density at radius 1 is 0.750 bits per heavy atom. The number of hydrogen-bond donors (Lipinski definition) is 0. The standard InChI is InChI=1S/C20H17N3O/c1-24-19-14-12-18(13-15-19)20(22-23-21,16-8-4-2-5-9-16)17-10-6-3-7-11-17/h2-15H,1H3. The van der Waals surface area contributed by atoms with Crippen LogP contribution in [-0.4, -0.2) is 7.11 Å². The van der Waals surface area contributed by atoms with Gasteiger partial charge in [0.05, 0.1) is 7.11 Å². The highest BCUT2D eigenvalue weighted by Crippen LogP contribution is 2.41. The molecule has 0 atom stereocenters. The Kier molecular flexibility index (Phi) is 4.50. The van der Waals surface area contributed by atoms with E-state index < -0.39 is 5.54 Å². The van der Waals surface area contributed by atoms with Crippen molar-refractivity contribution in [2.45, 2.75) is 5.54 Å². The number of hydrogen-bond acceptors (Lipinski definition) is 2. The minimum atomic E-state index is -0.927. The van der Waals surface area contributed by atoms with Crippen molar-refractivity contribution >= 4 is 0 Å². The third-order valence-corrected chi connectivity index (χ3v) is 4.09. The monoisotopic (exact) mass is 315 g/mol. The van der Waals surface area contributed by atoms with E-state index in [1.54, 1.807) is 7.11 Å². The van der Waals surface area contributed by atoms with E-state index >= 15 is 0 Å². The van der Waals surface area contributed by atoms with E-state index in [0.29, 0.717) is 0 Å². The molecule has 0 aliphatic rings. The molecule has 0 saturated carbocycles. The van der Waals surface area contributed by atoms with Crippen molar-refractivity contribution in [1.29, 1.82) is 0 Å². The van der Waals surface area contributed by atoms with Gasteiger partial charge >= 0.3 is 0 Å². The predicted molar refractivity (Wildman–Crippen MR) is 94.9 cm³/mol. The van der Waals surface area contributed by atoms with Crippen LogP contribution >= 0.6 is 0 Å². The molecule has 0 fully saturated rings. The summed E-state index contributed by atoms with van der Waals surface area (Å²) < 4.78 is 5.25. The molecule has 4 heteroatoms. The fourth-order valence-corrected chi connectivity index (χ4v) is 2.93. The SMILES string of the molecule is COc1ccc(C(N=[N+]=[N-])(c2ccccc2)c2ccccc2)cc1. The lowest BCUT2D eigenvalue weighted by Gasteiger charge is -2.31. The van der Waals surface area contributed by atoms with Gasteiger partial charge in [-0.3, -0.25) is 0 Å². The summed E-state index contributed by atoms with van der Waals surface area (Å²) in [6.07, 6.45) is 0. The molecule has 0 amide bonds. The second kappa shape index (κ2) is 6.90. The van der Waals surface area contributed by atoms with Crippen LogP contribution in [0, 0.1) is 0 Å². The van der Waals surface area contributed by atoms with E-state index in [-0.39, 0.29) is 0 Å². The molecule has 24 heavy (non-hydrogen) atoms. The topological polar surface area (TPSA) is 58.0 Å².